The molecule has 3 fully saturated rings. The van der Waals surface area contributed by atoms with Crippen molar-refractivity contribution < 1.29 is 23.8 Å². The molecule has 0 bridgehead atoms. The van der Waals surface area contributed by atoms with E-state index < -0.39 is 0 Å². The number of ketones is 2. The van der Waals surface area contributed by atoms with Crippen molar-refractivity contribution in [3.63, 3.8) is 0 Å². The Morgan fingerprint density at radius 1 is 0.486 bits per heavy atom. The van der Waals surface area contributed by atoms with E-state index in [2.05, 4.69) is 140 Å². The first-order chi connectivity index (χ1) is 51.0. The number of carbonyl (C=O) groups is 3. The zero-order valence-corrected chi connectivity index (χ0v) is 69.4. The minimum Gasteiger partial charge on any atom is -0.404 e. The second-order valence-corrected chi connectivity index (χ2v) is 22.8. The Morgan fingerprint density at radius 2 is 0.867 bits per heavy atom. The summed E-state index contributed by atoms with van der Waals surface area (Å²) >= 11 is 0. The molecule has 582 valence electrons. The maximum atomic E-state index is 12.7. The van der Waals surface area contributed by atoms with Crippen molar-refractivity contribution in [2.45, 2.75) is 203 Å². The molecule has 1 amide bonds. The number of amides is 1. The normalized spacial score (nSPS) is 14.2. The molecule has 0 aliphatic carbocycles. The van der Waals surface area contributed by atoms with Crippen LogP contribution in [-0.4, -0.2) is 138 Å². The summed E-state index contributed by atoms with van der Waals surface area (Å²) < 4.78 is 0. The van der Waals surface area contributed by atoms with Crippen molar-refractivity contribution in [2.75, 3.05) is 78.8 Å². The zero-order chi connectivity index (χ0) is 80.1. The highest BCUT2D eigenvalue weighted by Crippen LogP contribution is 2.20. The minimum absolute atomic E-state index is 0. The van der Waals surface area contributed by atoms with E-state index in [-0.39, 0.29) is 27.9 Å². The summed E-state index contributed by atoms with van der Waals surface area (Å²) in [4.78, 5) is 54.0. The smallest absolute Gasteiger partial charge is 0.255 e. The van der Waals surface area contributed by atoms with Gasteiger partial charge in [-0.05, 0) is 137 Å². The summed E-state index contributed by atoms with van der Waals surface area (Å²) in [6.07, 6.45) is 8.62. The first-order valence-corrected chi connectivity index (χ1v) is 38.7. The number of β-amino-alcohol motifs (C(OH)–C–C–N with tert-alkyl or cyclic N) is 1. The van der Waals surface area contributed by atoms with Gasteiger partial charge in [0, 0.05) is 170 Å². The number of aromatic nitrogens is 1. The highest BCUT2D eigenvalue weighted by Gasteiger charge is 2.24. The van der Waals surface area contributed by atoms with Gasteiger partial charge in [0.15, 0.2) is 11.6 Å². The number of nitrogens with one attached hydrogen (secondary N) is 1. The van der Waals surface area contributed by atoms with Gasteiger partial charge in [0.25, 0.3) is 5.91 Å². The molecule has 0 saturated carbocycles. The number of aliphatic hydroxyl groups is 1. The molecule has 8 N–H and O–H groups in total. The van der Waals surface area contributed by atoms with E-state index in [1.807, 2.05) is 218 Å². The average Bonchev–Trinajstić information content (AvgIpc) is 1.25. The number of carbonyl (C=O) groups excluding carboxylic acids is 3. The number of likely N-dealkylation sites (N-methyl/N-ethyl adjacent to an activating group) is 2. The van der Waals surface area contributed by atoms with E-state index >= 15 is 0 Å². The predicted molar refractivity (Wildman–Crippen MR) is 459 cm³/mol. The molecule has 14 nitrogen and oxygen atoms in total. The van der Waals surface area contributed by atoms with Crippen LogP contribution in [0.15, 0.2) is 175 Å². The Bertz CT molecular complexity index is 3590. The van der Waals surface area contributed by atoms with Crippen LogP contribution in [-0.2, 0) is 32.5 Å². The van der Waals surface area contributed by atoms with E-state index in [0.29, 0.717) is 53.5 Å². The third-order valence-corrected chi connectivity index (χ3v) is 15.4. The number of likely N-dealkylation sites (tertiary alicyclic amines) is 2. The molecular weight excluding hydrogens is 1300 g/mol. The number of Topliss-reactive ketones (excluding diaryl/α,β-unsaturated/α-hetero) is 2. The van der Waals surface area contributed by atoms with Crippen LogP contribution in [0.1, 0.15) is 238 Å². The zero-order valence-electron chi connectivity index (χ0n) is 69.4. The lowest BCUT2D eigenvalue weighted by Crippen LogP contribution is -2.43. The van der Waals surface area contributed by atoms with Crippen LogP contribution >= 0.6 is 0 Å². The number of hydrogen-bond donors (Lipinski definition) is 5. The van der Waals surface area contributed by atoms with Crippen LogP contribution in [0.3, 0.4) is 0 Å². The van der Waals surface area contributed by atoms with E-state index in [1.165, 1.54) is 36.1 Å². The van der Waals surface area contributed by atoms with Gasteiger partial charge in [-0.3, -0.25) is 29.1 Å². The molecule has 3 aliphatic rings. The van der Waals surface area contributed by atoms with Crippen molar-refractivity contribution >= 4 is 23.2 Å². The van der Waals surface area contributed by atoms with Gasteiger partial charge in [-0.2, -0.15) is 0 Å². The van der Waals surface area contributed by atoms with E-state index in [1.54, 1.807) is 18.3 Å². The maximum Gasteiger partial charge on any atom is 0.255 e. The van der Waals surface area contributed by atoms with Crippen molar-refractivity contribution in [2.24, 2.45) is 17.2 Å². The monoisotopic (exact) mass is 1450 g/mol. The topological polar surface area (TPSA) is 191 Å². The van der Waals surface area contributed by atoms with Gasteiger partial charge in [0.1, 0.15) is 5.69 Å². The fourth-order valence-corrected chi connectivity index (χ4v) is 9.93. The Hall–Kier alpha value is -8.88. The summed E-state index contributed by atoms with van der Waals surface area (Å²) in [6, 6.07) is 43.5. The number of aliphatic hydroxyl groups excluding tert-OH is 1. The first kappa shape index (κ1) is 100. The van der Waals surface area contributed by atoms with Crippen molar-refractivity contribution in [3.8, 4) is 35.5 Å². The number of benzene rings is 5. The highest BCUT2D eigenvalue weighted by molar-refractivity contribution is 6.04. The number of rotatable bonds is 15. The molecule has 0 spiro atoms. The molecule has 14 heteroatoms. The fraction of sp³-hybridized carbons (Fsp3) is 0.451. The third-order valence-electron chi connectivity index (χ3n) is 15.4. The molecule has 9 rings (SSSR count). The number of allylic oxidation sites excluding steroid dienone is 3. The molecule has 105 heavy (non-hydrogen) atoms. The minimum atomic E-state index is -0.227. The molecule has 1 aromatic heterocycles. The number of nitrogens with zero attached hydrogens (tertiary/aromatic N) is 6. The van der Waals surface area contributed by atoms with Crippen LogP contribution in [0.25, 0.3) is 0 Å². The molecule has 3 saturated heterocycles. The summed E-state index contributed by atoms with van der Waals surface area (Å²) in [5.41, 5.74) is 29.2. The Labute approximate surface area is 643 Å². The molecule has 0 radical (unpaired) electrons. The Morgan fingerprint density at radius 3 is 1.26 bits per heavy atom. The quantitative estimate of drug-likeness (QED) is 0.0483. The summed E-state index contributed by atoms with van der Waals surface area (Å²) in [6.45, 7) is 52.6. The third kappa shape index (κ3) is 42.0. The molecule has 3 aliphatic heterocycles. The number of nitrogens with two attached hydrogens (primary N) is 3. The van der Waals surface area contributed by atoms with Crippen LogP contribution in [0.4, 0.5) is 5.69 Å². The van der Waals surface area contributed by atoms with Gasteiger partial charge >= 0.3 is 0 Å². The van der Waals surface area contributed by atoms with Crippen LogP contribution in [0.5, 0.6) is 0 Å². The van der Waals surface area contributed by atoms with Gasteiger partial charge in [0.05, 0.1) is 6.10 Å². The number of piperazine rings is 1. The molecule has 5 aromatic carbocycles. The standard InChI is InChI=1S/C26H31N3O.C25H29N3O.C22H24N4O2.9C2H6.3H2/c1-20(17-27)7-8-21-5-4-6-24(15-21)26(30)16-22-9-11-23(12-10-22)18-29-14-13-25(19-29)28(2)3;1-20(18-26)6-7-21-4-3-5-24(16-21)25(29)17-22-8-10-23(11-9-22)19-28-14-12-27(2)13-15-28;1-16(13-23)2-7-19-12-20(8-10-24-19)25-22(28)18-5-3-17(4-6-18)14-26-11-9-21(27)15-26;9*1-2;;;/h4-6,9-12,15,17,25H,13-14,16,18-19,27H2,1-3H3;3-5,8-11,16,18H,12-15,17,19,26H2,1-2H3;3-6,8,10,12-13,21,27H,9,11,14-15,23H2,1H3,(H,24,25,28);9*1-2H3;3*1H/b20-17+;20-18+;16-13+;;;;;;;;;;;;/t25-;;21-;;;;;;;;;;;;/m1.1............/s1/i;;;;;;;;;;;;3*1+2. The summed E-state index contributed by atoms with van der Waals surface area (Å²) in [7, 11) is 6.48. The van der Waals surface area contributed by atoms with E-state index in [4.69, 9.17) is 17.2 Å². The van der Waals surface area contributed by atoms with Crippen molar-refractivity contribution in [3.05, 3.63) is 236 Å². The number of anilines is 1. The van der Waals surface area contributed by atoms with Crippen LogP contribution in [0.2, 0.25) is 0 Å². The second-order valence-electron chi connectivity index (χ2n) is 22.8. The predicted octanol–water partition coefficient (Wildman–Crippen LogP) is 18.6. The lowest BCUT2D eigenvalue weighted by Gasteiger charge is -2.32. The van der Waals surface area contributed by atoms with Gasteiger partial charge in [-0.25, -0.2) is 4.98 Å². The van der Waals surface area contributed by atoms with Crippen molar-refractivity contribution in [1.82, 2.24) is 29.5 Å². The molecule has 2 atom stereocenters. The summed E-state index contributed by atoms with van der Waals surface area (Å²) in [5, 5.41) is 12.5. The summed E-state index contributed by atoms with van der Waals surface area (Å²) in [5.74, 6) is 17.9. The maximum absolute atomic E-state index is 12.7. The van der Waals surface area contributed by atoms with Crippen LogP contribution in [0, 0.1) is 35.5 Å². The van der Waals surface area contributed by atoms with Gasteiger partial charge in [-0.15, -0.1) is 0 Å². The molecular formula is C91H144N10O4. The molecule has 0 unspecified atom stereocenters. The number of pyridine rings is 1. The average molecular weight is 1450 g/mol. The van der Waals surface area contributed by atoms with E-state index in [0.717, 1.165) is 116 Å². The van der Waals surface area contributed by atoms with Gasteiger partial charge in [-0.1, -0.05) is 239 Å². The van der Waals surface area contributed by atoms with Crippen molar-refractivity contribution in [1.29, 1.82) is 0 Å². The molecule has 4 heterocycles. The first-order valence-electron chi connectivity index (χ1n) is 38.7. The SMILES string of the molecule is C/C(C#Cc1cc(NC(=O)c2ccc(CN3CC[C@@H](O)C3)cc2)ccn1)=C\N.C/C(C#Cc1cccc(C(=O)Cc2ccc(CN3CCN(C)CC3)cc2)c1)=C\N.C/C(C#Cc1cccc(C(=O)Cc2ccc(CN3CC[C@@H](N(C)C)C3)cc2)c1)=C\N.CC.CC.CC.CC.CC.CC.CC.CC.CC.[3HH].[3HH].[3HH]. The molecule has 6 aromatic rings. The van der Waals surface area contributed by atoms with E-state index in [9.17, 15) is 19.5 Å². The van der Waals surface area contributed by atoms with Gasteiger partial charge in [0.2, 0.25) is 0 Å². The highest BCUT2D eigenvalue weighted by atomic mass is 16.3. The lowest BCUT2D eigenvalue weighted by molar-refractivity contribution is 0.0984. The van der Waals surface area contributed by atoms with Gasteiger partial charge < -0.3 is 37.4 Å². The number of hydrogen-bond acceptors (Lipinski definition) is 13. The lowest BCUT2D eigenvalue weighted by atomic mass is 10.0. The second kappa shape index (κ2) is 63.6. The fourth-order valence-electron chi connectivity index (χ4n) is 9.93. The van der Waals surface area contributed by atoms with Crippen LogP contribution < -0.4 is 22.5 Å². The Kier molecular flexibility index (Phi) is 60.7. The Balaban J connectivity index is -0.000000322. The largest absolute Gasteiger partial charge is 0.404 e.